The molecule has 86 valence electrons. The summed E-state index contributed by atoms with van der Waals surface area (Å²) >= 11 is 0. The third-order valence-electron chi connectivity index (χ3n) is 2.58. The molecule has 0 bridgehead atoms. The number of carbonyl (C=O) groups is 2. The lowest BCUT2D eigenvalue weighted by Crippen LogP contribution is -2.13. The van der Waals surface area contributed by atoms with E-state index in [4.69, 9.17) is 0 Å². The number of amides is 1. The SMILES string of the molecule is CC(=O)CCC(=O)Nc1cccc(C)c1C. The second kappa shape index (κ2) is 5.45. The molecule has 0 spiro atoms. The first-order valence-corrected chi connectivity index (χ1v) is 5.36. The van der Waals surface area contributed by atoms with Crippen LogP contribution in [0.15, 0.2) is 18.2 Å². The van der Waals surface area contributed by atoms with E-state index in [0.29, 0.717) is 6.42 Å². The summed E-state index contributed by atoms with van der Waals surface area (Å²) in [5, 5.41) is 2.82. The van der Waals surface area contributed by atoms with E-state index in [2.05, 4.69) is 5.32 Å². The van der Waals surface area contributed by atoms with Crippen LogP contribution in [0.4, 0.5) is 5.69 Å². The molecule has 1 aromatic rings. The Morgan fingerprint density at radius 1 is 1.19 bits per heavy atom. The van der Waals surface area contributed by atoms with E-state index in [1.165, 1.54) is 6.92 Å². The van der Waals surface area contributed by atoms with E-state index in [1.54, 1.807) is 0 Å². The lowest BCUT2D eigenvalue weighted by Gasteiger charge is -2.09. The first kappa shape index (κ1) is 12.4. The van der Waals surface area contributed by atoms with Gasteiger partial charge < -0.3 is 10.1 Å². The van der Waals surface area contributed by atoms with Crippen LogP contribution < -0.4 is 5.32 Å². The van der Waals surface area contributed by atoms with Gasteiger partial charge in [0.1, 0.15) is 5.78 Å². The normalized spacial score (nSPS) is 9.94. The maximum absolute atomic E-state index is 11.5. The van der Waals surface area contributed by atoms with Gasteiger partial charge in [0.2, 0.25) is 5.91 Å². The summed E-state index contributed by atoms with van der Waals surface area (Å²) in [7, 11) is 0. The molecule has 0 aliphatic rings. The van der Waals surface area contributed by atoms with Crippen molar-refractivity contribution in [2.24, 2.45) is 0 Å². The third-order valence-corrected chi connectivity index (χ3v) is 2.58. The molecule has 0 heterocycles. The van der Waals surface area contributed by atoms with Crippen molar-refractivity contribution < 1.29 is 9.59 Å². The smallest absolute Gasteiger partial charge is 0.224 e. The van der Waals surface area contributed by atoms with Gasteiger partial charge in [-0.3, -0.25) is 4.79 Å². The molecule has 1 rings (SSSR count). The molecule has 0 aliphatic heterocycles. The average molecular weight is 219 g/mol. The van der Waals surface area contributed by atoms with E-state index < -0.39 is 0 Å². The molecule has 1 amide bonds. The molecule has 0 saturated heterocycles. The zero-order valence-corrected chi connectivity index (χ0v) is 9.96. The Hall–Kier alpha value is -1.64. The number of rotatable bonds is 4. The van der Waals surface area contributed by atoms with Crippen molar-refractivity contribution >= 4 is 17.4 Å². The maximum atomic E-state index is 11.5. The Morgan fingerprint density at radius 3 is 2.50 bits per heavy atom. The lowest BCUT2D eigenvalue weighted by molar-refractivity contribution is -0.121. The monoisotopic (exact) mass is 219 g/mol. The molecule has 0 saturated carbocycles. The summed E-state index contributed by atoms with van der Waals surface area (Å²) < 4.78 is 0. The van der Waals surface area contributed by atoms with Crippen LogP contribution in [0.5, 0.6) is 0 Å². The fourth-order valence-corrected chi connectivity index (χ4v) is 1.39. The molecule has 1 N–H and O–H groups in total. The molecule has 0 radical (unpaired) electrons. The molecular formula is C13H17NO2. The third kappa shape index (κ3) is 3.50. The zero-order chi connectivity index (χ0) is 12.1. The Bertz CT molecular complexity index is 410. The molecule has 16 heavy (non-hydrogen) atoms. The maximum Gasteiger partial charge on any atom is 0.224 e. The summed E-state index contributed by atoms with van der Waals surface area (Å²) in [6.45, 7) is 5.46. The van der Waals surface area contributed by atoms with Crippen molar-refractivity contribution in [3.05, 3.63) is 29.3 Å². The molecule has 0 aliphatic carbocycles. The Kier molecular flexibility index (Phi) is 4.23. The molecule has 0 aromatic heterocycles. The number of nitrogens with one attached hydrogen (secondary N) is 1. The number of Topliss-reactive ketones (excluding diaryl/α,β-unsaturated/α-hetero) is 1. The van der Waals surface area contributed by atoms with Gasteiger partial charge in [0.05, 0.1) is 0 Å². The van der Waals surface area contributed by atoms with E-state index >= 15 is 0 Å². The largest absolute Gasteiger partial charge is 0.326 e. The van der Waals surface area contributed by atoms with Crippen LogP contribution in [-0.2, 0) is 9.59 Å². The van der Waals surface area contributed by atoms with E-state index in [0.717, 1.165) is 16.8 Å². The highest BCUT2D eigenvalue weighted by Crippen LogP contribution is 2.18. The van der Waals surface area contributed by atoms with Crippen LogP contribution in [-0.4, -0.2) is 11.7 Å². The highest BCUT2D eigenvalue weighted by Gasteiger charge is 2.06. The number of aryl methyl sites for hydroxylation is 1. The van der Waals surface area contributed by atoms with Gasteiger partial charge in [0, 0.05) is 18.5 Å². The summed E-state index contributed by atoms with van der Waals surface area (Å²) in [5.41, 5.74) is 3.04. The highest BCUT2D eigenvalue weighted by atomic mass is 16.2. The number of hydrogen-bond donors (Lipinski definition) is 1. The predicted molar refractivity (Wildman–Crippen MR) is 64.5 cm³/mol. The molecule has 3 heteroatoms. The minimum atomic E-state index is -0.107. The van der Waals surface area contributed by atoms with Gasteiger partial charge in [-0.2, -0.15) is 0 Å². The van der Waals surface area contributed by atoms with Crippen molar-refractivity contribution in [1.29, 1.82) is 0 Å². The van der Waals surface area contributed by atoms with Gasteiger partial charge >= 0.3 is 0 Å². The molecule has 0 fully saturated rings. The van der Waals surface area contributed by atoms with Crippen molar-refractivity contribution in [3.8, 4) is 0 Å². The van der Waals surface area contributed by atoms with Crippen LogP contribution in [0.25, 0.3) is 0 Å². The highest BCUT2D eigenvalue weighted by molar-refractivity contribution is 5.93. The van der Waals surface area contributed by atoms with E-state index in [-0.39, 0.29) is 18.1 Å². The topological polar surface area (TPSA) is 46.2 Å². The predicted octanol–water partition coefficient (Wildman–Crippen LogP) is 2.61. The minimum Gasteiger partial charge on any atom is -0.326 e. The zero-order valence-electron chi connectivity index (χ0n) is 9.96. The first-order chi connectivity index (χ1) is 7.50. The lowest BCUT2D eigenvalue weighted by atomic mass is 10.1. The van der Waals surface area contributed by atoms with Crippen LogP contribution in [0, 0.1) is 13.8 Å². The second-order valence-corrected chi connectivity index (χ2v) is 4.00. The number of ketones is 1. The number of anilines is 1. The van der Waals surface area contributed by atoms with Crippen LogP contribution in [0.1, 0.15) is 30.9 Å². The van der Waals surface area contributed by atoms with Crippen molar-refractivity contribution in [3.63, 3.8) is 0 Å². The van der Waals surface area contributed by atoms with Crippen LogP contribution in [0.2, 0.25) is 0 Å². The molecular weight excluding hydrogens is 202 g/mol. The average Bonchev–Trinajstić information content (AvgIpc) is 2.22. The van der Waals surface area contributed by atoms with Gasteiger partial charge in [0.25, 0.3) is 0 Å². The second-order valence-electron chi connectivity index (χ2n) is 4.00. The first-order valence-electron chi connectivity index (χ1n) is 5.36. The van der Waals surface area contributed by atoms with Crippen molar-refractivity contribution in [1.82, 2.24) is 0 Å². The Balaban J connectivity index is 2.63. The van der Waals surface area contributed by atoms with Gasteiger partial charge in [0.15, 0.2) is 0 Å². The summed E-state index contributed by atoms with van der Waals surface area (Å²) in [6, 6.07) is 5.78. The Labute approximate surface area is 95.9 Å². The molecule has 0 unspecified atom stereocenters. The van der Waals surface area contributed by atoms with Gasteiger partial charge in [-0.15, -0.1) is 0 Å². The van der Waals surface area contributed by atoms with Crippen molar-refractivity contribution in [2.75, 3.05) is 5.32 Å². The van der Waals surface area contributed by atoms with Gasteiger partial charge in [-0.1, -0.05) is 12.1 Å². The van der Waals surface area contributed by atoms with Crippen LogP contribution in [0.3, 0.4) is 0 Å². The van der Waals surface area contributed by atoms with Gasteiger partial charge in [-0.25, -0.2) is 0 Å². The number of hydrogen-bond acceptors (Lipinski definition) is 2. The quantitative estimate of drug-likeness (QED) is 0.846. The van der Waals surface area contributed by atoms with Gasteiger partial charge in [-0.05, 0) is 38.0 Å². The van der Waals surface area contributed by atoms with E-state index in [1.807, 2.05) is 32.0 Å². The molecule has 1 aromatic carbocycles. The summed E-state index contributed by atoms with van der Waals surface area (Å²) in [4.78, 5) is 22.3. The molecule has 3 nitrogen and oxygen atoms in total. The summed E-state index contributed by atoms with van der Waals surface area (Å²) in [6.07, 6.45) is 0.555. The molecule has 0 atom stereocenters. The Morgan fingerprint density at radius 2 is 1.88 bits per heavy atom. The minimum absolute atomic E-state index is 0.0381. The summed E-state index contributed by atoms with van der Waals surface area (Å²) in [5.74, 6) is -0.0694. The van der Waals surface area contributed by atoms with Crippen molar-refractivity contribution in [2.45, 2.75) is 33.6 Å². The van der Waals surface area contributed by atoms with Crippen LogP contribution >= 0.6 is 0 Å². The fraction of sp³-hybridized carbons (Fsp3) is 0.385. The van der Waals surface area contributed by atoms with E-state index in [9.17, 15) is 9.59 Å². The number of benzene rings is 1. The number of carbonyl (C=O) groups excluding carboxylic acids is 2. The standard InChI is InChI=1S/C13H17NO2/c1-9-5-4-6-12(11(9)3)14-13(16)8-7-10(2)15/h4-6H,7-8H2,1-3H3,(H,14,16). The fourth-order valence-electron chi connectivity index (χ4n) is 1.39.